The van der Waals surface area contributed by atoms with E-state index in [0.717, 1.165) is 36.9 Å². The highest BCUT2D eigenvalue weighted by Gasteiger charge is 2.22. The number of nitrogens with zero attached hydrogens (tertiary/aromatic N) is 4. The lowest BCUT2D eigenvalue weighted by Crippen LogP contribution is -2.21. The molecule has 9 nitrogen and oxygen atoms in total. The number of benzene rings is 4. The Morgan fingerprint density at radius 1 is 1.02 bits per heavy atom. The summed E-state index contributed by atoms with van der Waals surface area (Å²) in [5.74, 6) is 1.35. The number of hydrogen-bond acceptors (Lipinski definition) is 7. The fraction of sp³-hybridized carbons (Fsp3) is 0.206. The van der Waals surface area contributed by atoms with Crippen LogP contribution in [0.5, 0.6) is 11.5 Å². The number of nitro groups is 1. The quantitative estimate of drug-likeness (QED) is 0.0790. The Morgan fingerprint density at radius 3 is 2.48 bits per heavy atom. The van der Waals surface area contributed by atoms with Gasteiger partial charge < -0.3 is 9.47 Å². The summed E-state index contributed by atoms with van der Waals surface area (Å²) < 4.78 is 15.1. The standard InChI is InChI=1S/C34H29Br3N4O5/c1-5-45-31-12-20(4)26(16-25(31)19(2)3)33-39-29-9-7-6-8-24(29)34(42)40(33)38-17-21-13-28(37)32(30(14-21)41(43)44)46-18-22-10-11-23(35)15-27(22)36/h6-17,19H,5,18H2,1-4H3. The van der Waals surface area contributed by atoms with Gasteiger partial charge in [-0.05, 0) is 89.3 Å². The summed E-state index contributed by atoms with van der Waals surface area (Å²) in [4.78, 5) is 30.3. The highest BCUT2D eigenvalue weighted by atomic mass is 79.9. The Bertz CT molecular complexity index is 2060. The molecule has 0 atom stereocenters. The first-order valence-corrected chi connectivity index (χ1v) is 16.7. The van der Waals surface area contributed by atoms with Crippen LogP contribution in [0.3, 0.4) is 0 Å². The molecular formula is C34H29Br3N4O5. The molecule has 12 heteroatoms. The van der Waals surface area contributed by atoms with E-state index in [-0.39, 0.29) is 29.5 Å². The van der Waals surface area contributed by atoms with E-state index in [0.29, 0.717) is 33.4 Å². The smallest absolute Gasteiger partial charge is 0.312 e. The largest absolute Gasteiger partial charge is 0.494 e. The predicted octanol–water partition coefficient (Wildman–Crippen LogP) is 9.55. The zero-order chi connectivity index (χ0) is 33.1. The van der Waals surface area contributed by atoms with Crippen LogP contribution in [-0.4, -0.2) is 27.4 Å². The molecule has 0 N–H and O–H groups in total. The van der Waals surface area contributed by atoms with Gasteiger partial charge in [0.25, 0.3) is 5.56 Å². The number of aromatic nitrogens is 2. The van der Waals surface area contributed by atoms with Gasteiger partial charge >= 0.3 is 5.69 Å². The predicted molar refractivity (Wildman–Crippen MR) is 191 cm³/mol. The second-order valence-corrected chi connectivity index (χ2v) is 13.4. The highest BCUT2D eigenvalue weighted by Crippen LogP contribution is 2.38. The van der Waals surface area contributed by atoms with E-state index < -0.39 is 4.92 Å². The fourth-order valence-corrected chi connectivity index (χ4v) is 6.68. The van der Waals surface area contributed by atoms with Crippen molar-refractivity contribution in [3.8, 4) is 22.9 Å². The first-order valence-electron chi connectivity index (χ1n) is 14.4. The molecule has 5 aromatic rings. The Balaban J connectivity index is 1.60. The maximum absolute atomic E-state index is 13.8. The van der Waals surface area contributed by atoms with Crippen LogP contribution in [0.2, 0.25) is 0 Å². The van der Waals surface area contributed by atoms with Crippen molar-refractivity contribution in [2.45, 2.75) is 40.2 Å². The van der Waals surface area contributed by atoms with Crippen LogP contribution in [0.1, 0.15) is 48.9 Å². The average molecular weight is 813 g/mol. The molecule has 0 aliphatic rings. The van der Waals surface area contributed by atoms with E-state index >= 15 is 0 Å². The number of aryl methyl sites for hydroxylation is 1. The minimum Gasteiger partial charge on any atom is -0.494 e. The molecule has 236 valence electrons. The maximum Gasteiger partial charge on any atom is 0.312 e. The molecule has 46 heavy (non-hydrogen) atoms. The van der Waals surface area contributed by atoms with Crippen molar-refractivity contribution in [1.82, 2.24) is 9.66 Å². The van der Waals surface area contributed by atoms with Crippen LogP contribution in [0.4, 0.5) is 5.69 Å². The van der Waals surface area contributed by atoms with Gasteiger partial charge in [-0.1, -0.05) is 63.9 Å². The fourth-order valence-electron chi connectivity index (χ4n) is 4.94. The summed E-state index contributed by atoms with van der Waals surface area (Å²) in [5.41, 5.74) is 3.67. The third-order valence-electron chi connectivity index (χ3n) is 7.23. The molecule has 0 bridgehead atoms. The average Bonchev–Trinajstić information content (AvgIpc) is 3.00. The molecule has 1 aromatic heterocycles. The van der Waals surface area contributed by atoms with Crippen molar-refractivity contribution in [3.63, 3.8) is 0 Å². The Hall–Kier alpha value is -3.87. The van der Waals surface area contributed by atoms with Crippen molar-refractivity contribution < 1.29 is 14.4 Å². The van der Waals surface area contributed by atoms with Gasteiger partial charge in [0.2, 0.25) is 5.75 Å². The molecule has 1 heterocycles. The molecule has 0 unspecified atom stereocenters. The molecule has 5 rings (SSSR count). The SMILES string of the molecule is CCOc1cc(C)c(-c2nc3ccccc3c(=O)n2N=Cc2cc(Br)c(OCc3ccc(Br)cc3Br)c([N+](=O)[O-])c2)cc1C(C)C. The van der Waals surface area contributed by atoms with Gasteiger partial charge in [0.15, 0.2) is 5.82 Å². The third kappa shape index (κ3) is 7.08. The molecule has 0 aliphatic carbocycles. The second-order valence-electron chi connectivity index (χ2n) is 10.7. The lowest BCUT2D eigenvalue weighted by molar-refractivity contribution is -0.386. The molecule has 0 spiro atoms. The van der Waals surface area contributed by atoms with E-state index in [4.69, 9.17) is 14.5 Å². The van der Waals surface area contributed by atoms with E-state index in [1.165, 1.54) is 17.0 Å². The third-order valence-corrected chi connectivity index (χ3v) is 9.05. The number of fused-ring (bicyclic) bond motifs is 1. The van der Waals surface area contributed by atoms with Crippen LogP contribution in [0.15, 0.2) is 90.0 Å². The summed E-state index contributed by atoms with van der Waals surface area (Å²) in [6.45, 7) is 8.64. The molecule has 4 aromatic carbocycles. The van der Waals surface area contributed by atoms with Crippen molar-refractivity contribution in [1.29, 1.82) is 0 Å². The zero-order valence-electron chi connectivity index (χ0n) is 25.4. The van der Waals surface area contributed by atoms with Gasteiger partial charge in [0.05, 0.1) is 33.1 Å². The molecular weight excluding hydrogens is 784 g/mol. The van der Waals surface area contributed by atoms with Crippen LogP contribution in [-0.2, 0) is 6.61 Å². The van der Waals surface area contributed by atoms with Gasteiger partial charge in [-0.3, -0.25) is 14.9 Å². The van der Waals surface area contributed by atoms with E-state index in [1.54, 1.807) is 24.3 Å². The van der Waals surface area contributed by atoms with E-state index in [1.807, 2.05) is 50.2 Å². The number of nitro benzene ring substituents is 1. The first kappa shape index (κ1) is 33.5. The zero-order valence-corrected chi connectivity index (χ0v) is 30.1. The maximum atomic E-state index is 13.8. The summed E-state index contributed by atoms with van der Waals surface area (Å²) in [5, 5.41) is 17.1. The van der Waals surface area contributed by atoms with Crippen molar-refractivity contribution in [3.05, 3.63) is 123 Å². The Kier molecular flexibility index (Phi) is 10.4. The minimum atomic E-state index is -0.514. The number of halogens is 3. The van der Waals surface area contributed by atoms with Crippen molar-refractivity contribution in [2.24, 2.45) is 5.10 Å². The van der Waals surface area contributed by atoms with Crippen molar-refractivity contribution >= 4 is 70.6 Å². The highest BCUT2D eigenvalue weighted by molar-refractivity contribution is 9.11. The second kappa shape index (κ2) is 14.3. The van der Waals surface area contributed by atoms with Gasteiger partial charge in [0, 0.05) is 31.7 Å². The molecule has 0 aliphatic heterocycles. The van der Waals surface area contributed by atoms with Crippen LogP contribution in [0, 0.1) is 17.0 Å². The lowest BCUT2D eigenvalue weighted by Gasteiger charge is -2.18. The van der Waals surface area contributed by atoms with Crippen LogP contribution < -0.4 is 15.0 Å². The van der Waals surface area contributed by atoms with Crippen LogP contribution >= 0.6 is 47.8 Å². The summed E-state index contributed by atoms with van der Waals surface area (Å²) in [6, 6.07) is 19.6. The Morgan fingerprint density at radius 2 is 1.78 bits per heavy atom. The van der Waals surface area contributed by atoms with E-state index in [2.05, 4.69) is 66.7 Å². The summed E-state index contributed by atoms with van der Waals surface area (Å²) in [6.07, 6.45) is 1.40. The molecule has 0 saturated heterocycles. The molecule has 0 amide bonds. The van der Waals surface area contributed by atoms with E-state index in [9.17, 15) is 14.9 Å². The topological polar surface area (TPSA) is 109 Å². The molecule has 0 fully saturated rings. The van der Waals surface area contributed by atoms with Crippen LogP contribution in [0.25, 0.3) is 22.3 Å². The minimum absolute atomic E-state index is 0.0772. The van der Waals surface area contributed by atoms with Gasteiger partial charge in [-0.2, -0.15) is 9.78 Å². The molecule has 0 saturated carbocycles. The molecule has 0 radical (unpaired) electrons. The Labute approximate surface area is 290 Å². The number of hydrogen-bond donors (Lipinski definition) is 0. The number of ether oxygens (including phenoxy) is 2. The normalized spacial score (nSPS) is 11.5. The van der Waals surface area contributed by atoms with Gasteiger partial charge in [0.1, 0.15) is 12.4 Å². The first-order chi connectivity index (χ1) is 22.0. The number of rotatable bonds is 10. The summed E-state index contributed by atoms with van der Waals surface area (Å²) >= 11 is 10.4. The van der Waals surface area contributed by atoms with Gasteiger partial charge in [-0.15, -0.1) is 0 Å². The number of para-hydroxylation sites is 1. The van der Waals surface area contributed by atoms with Crippen molar-refractivity contribution in [2.75, 3.05) is 6.61 Å². The monoisotopic (exact) mass is 810 g/mol. The lowest BCUT2D eigenvalue weighted by atomic mass is 9.96. The summed E-state index contributed by atoms with van der Waals surface area (Å²) in [7, 11) is 0. The van der Waals surface area contributed by atoms with Gasteiger partial charge in [-0.25, -0.2) is 4.98 Å².